The molecule has 0 aliphatic carbocycles. The quantitative estimate of drug-likeness (QED) is 0.827. The second-order valence-corrected chi connectivity index (χ2v) is 5.95. The van der Waals surface area contributed by atoms with Gasteiger partial charge in [0.25, 0.3) is 0 Å². The predicted molar refractivity (Wildman–Crippen MR) is 90.0 cm³/mol. The van der Waals surface area contributed by atoms with E-state index in [0.717, 1.165) is 32.7 Å². The molecule has 1 N–H and O–H groups in total. The van der Waals surface area contributed by atoms with Crippen LogP contribution in [-0.2, 0) is 4.74 Å². The van der Waals surface area contributed by atoms with E-state index < -0.39 is 0 Å². The zero-order chi connectivity index (χ0) is 15.1. The Morgan fingerprint density at radius 3 is 2.71 bits per heavy atom. The van der Waals surface area contributed by atoms with Gasteiger partial charge in [-0.2, -0.15) is 0 Å². The number of hydrogen-bond acceptors (Lipinski definition) is 3. The van der Waals surface area contributed by atoms with Gasteiger partial charge in [-0.25, -0.2) is 0 Å². The van der Waals surface area contributed by atoms with Crippen LogP contribution in [0.1, 0.15) is 51.6 Å². The molecule has 3 nitrogen and oxygen atoms in total. The molecule has 118 valence electrons. The smallest absolute Gasteiger partial charge is 0.0750 e. The number of anilines is 1. The summed E-state index contributed by atoms with van der Waals surface area (Å²) in [5.74, 6) is 0. The second kappa shape index (κ2) is 8.40. The van der Waals surface area contributed by atoms with Crippen LogP contribution in [0.2, 0.25) is 0 Å². The minimum atomic E-state index is 0.402. The minimum Gasteiger partial charge on any atom is -0.376 e. The Balaban J connectivity index is 1.94. The maximum absolute atomic E-state index is 5.93. The average molecular weight is 290 g/mol. The fourth-order valence-corrected chi connectivity index (χ4v) is 2.99. The largest absolute Gasteiger partial charge is 0.376 e. The third-order valence-corrected chi connectivity index (χ3v) is 4.20. The Kier molecular flexibility index (Phi) is 6.52. The van der Waals surface area contributed by atoms with E-state index in [1.165, 1.54) is 24.1 Å². The predicted octanol–water partition coefficient (Wildman–Crippen LogP) is 3.75. The molecule has 1 saturated heterocycles. The van der Waals surface area contributed by atoms with E-state index in [-0.39, 0.29) is 0 Å². The number of nitrogens with one attached hydrogen (secondary N) is 1. The topological polar surface area (TPSA) is 24.5 Å². The van der Waals surface area contributed by atoms with E-state index >= 15 is 0 Å². The van der Waals surface area contributed by atoms with Gasteiger partial charge in [-0.15, -0.1) is 0 Å². The lowest BCUT2D eigenvalue weighted by Gasteiger charge is -2.34. The number of hydrogen-bond donors (Lipinski definition) is 1. The minimum absolute atomic E-state index is 0.402. The molecule has 21 heavy (non-hydrogen) atoms. The maximum atomic E-state index is 5.93. The van der Waals surface area contributed by atoms with E-state index in [9.17, 15) is 0 Å². The lowest BCUT2D eigenvalue weighted by molar-refractivity contribution is 0.0440. The fourth-order valence-electron chi connectivity index (χ4n) is 2.99. The Hall–Kier alpha value is -1.06. The van der Waals surface area contributed by atoms with Crippen LogP contribution in [0.25, 0.3) is 0 Å². The lowest BCUT2D eigenvalue weighted by Crippen LogP contribution is -2.39. The highest BCUT2D eigenvalue weighted by Crippen LogP contribution is 2.23. The molecule has 1 aliphatic heterocycles. The Labute approximate surface area is 129 Å². The van der Waals surface area contributed by atoms with E-state index in [1.807, 2.05) is 0 Å². The van der Waals surface area contributed by atoms with Crippen LogP contribution < -0.4 is 10.2 Å². The van der Waals surface area contributed by atoms with Crippen LogP contribution in [0.5, 0.6) is 0 Å². The molecule has 0 aromatic heterocycles. The summed E-state index contributed by atoms with van der Waals surface area (Å²) in [6.45, 7) is 10.6. The first-order chi connectivity index (χ1) is 10.2. The van der Waals surface area contributed by atoms with E-state index in [4.69, 9.17) is 4.74 Å². The summed E-state index contributed by atoms with van der Waals surface area (Å²) in [4.78, 5) is 2.46. The summed E-state index contributed by atoms with van der Waals surface area (Å²) in [5.41, 5.74) is 2.68. The molecule has 2 unspecified atom stereocenters. The molecule has 3 heteroatoms. The van der Waals surface area contributed by atoms with Crippen LogP contribution >= 0.6 is 0 Å². The molecular formula is C18H30N2O. The highest BCUT2D eigenvalue weighted by molar-refractivity contribution is 5.48. The Morgan fingerprint density at radius 1 is 1.29 bits per heavy atom. The van der Waals surface area contributed by atoms with E-state index in [1.54, 1.807) is 0 Å². The average Bonchev–Trinajstić information content (AvgIpc) is 2.53. The number of nitrogens with zero attached hydrogens (tertiary/aromatic N) is 1. The molecule has 1 aromatic carbocycles. The van der Waals surface area contributed by atoms with Gasteiger partial charge in [0.1, 0.15) is 0 Å². The standard InChI is InChI=1S/C18H30N2O/c1-4-13-21-18-7-6-12-20(14-18)17-10-8-16(9-11-17)15(3)19-5-2/h8-11,15,18-19H,4-7,12-14H2,1-3H3. The summed E-state index contributed by atoms with van der Waals surface area (Å²) in [5, 5.41) is 3.46. The normalized spacial score (nSPS) is 20.5. The van der Waals surface area contributed by atoms with Gasteiger partial charge in [-0.3, -0.25) is 0 Å². The maximum Gasteiger partial charge on any atom is 0.0750 e. The van der Waals surface area contributed by atoms with E-state index in [0.29, 0.717) is 12.1 Å². The molecule has 0 radical (unpaired) electrons. The number of rotatable bonds is 7. The molecular weight excluding hydrogens is 260 g/mol. The van der Waals surface area contributed by atoms with Crippen molar-refractivity contribution in [2.75, 3.05) is 31.1 Å². The third kappa shape index (κ3) is 4.72. The van der Waals surface area contributed by atoms with Crippen molar-refractivity contribution < 1.29 is 4.74 Å². The van der Waals surface area contributed by atoms with Crippen LogP contribution in [0.3, 0.4) is 0 Å². The highest BCUT2D eigenvalue weighted by Gasteiger charge is 2.20. The lowest BCUT2D eigenvalue weighted by atomic mass is 10.0. The van der Waals surface area contributed by atoms with Gasteiger partial charge in [0.15, 0.2) is 0 Å². The summed E-state index contributed by atoms with van der Waals surface area (Å²) in [6, 6.07) is 9.43. The van der Waals surface area contributed by atoms with Crippen molar-refractivity contribution in [2.24, 2.45) is 0 Å². The zero-order valence-corrected chi connectivity index (χ0v) is 13.8. The molecule has 2 rings (SSSR count). The molecule has 2 atom stereocenters. The molecule has 0 bridgehead atoms. The molecule has 0 amide bonds. The fraction of sp³-hybridized carbons (Fsp3) is 0.667. The van der Waals surface area contributed by atoms with Crippen molar-refractivity contribution in [3.63, 3.8) is 0 Å². The molecule has 0 spiro atoms. The first-order valence-corrected chi connectivity index (χ1v) is 8.44. The molecule has 1 aliphatic rings. The van der Waals surface area contributed by atoms with Gasteiger partial charge in [0.05, 0.1) is 6.10 Å². The summed E-state index contributed by atoms with van der Waals surface area (Å²) in [7, 11) is 0. The van der Waals surface area contributed by atoms with Gasteiger partial charge >= 0.3 is 0 Å². The SMILES string of the molecule is CCCOC1CCCN(c2ccc(C(C)NCC)cc2)C1. The molecule has 0 saturated carbocycles. The first-order valence-electron chi connectivity index (χ1n) is 8.44. The summed E-state index contributed by atoms with van der Waals surface area (Å²) >= 11 is 0. The third-order valence-electron chi connectivity index (χ3n) is 4.20. The first kappa shape index (κ1) is 16.3. The monoisotopic (exact) mass is 290 g/mol. The van der Waals surface area contributed by atoms with Crippen molar-refractivity contribution in [3.8, 4) is 0 Å². The van der Waals surface area contributed by atoms with Crippen LogP contribution in [0.4, 0.5) is 5.69 Å². The Bertz CT molecular complexity index is 404. The molecule has 1 heterocycles. The van der Waals surface area contributed by atoms with Crippen molar-refractivity contribution >= 4 is 5.69 Å². The number of piperidine rings is 1. The molecule has 1 fully saturated rings. The van der Waals surface area contributed by atoms with Crippen molar-refractivity contribution in [1.82, 2.24) is 5.32 Å². The summed E-state index contributed by atoms with van der Waals surface area (Å²) < 4.78 is 5.93. The van der Waals surface area contributed by atoms with Gasteiger partial charge < -0.3 is 15.0 Å². The van der Waals surface area contributed by atoms with Crippen molar-refractivity contribution in [3.05, 3.63) is 29.8 Å². The molecule has 1 aromatic rings. The van der Waals surface area contributed by atoms with Crippen LogP contribution in [-0.4, -0.2) is 32.3 Å². The van der Waals surface area contributed by atoms with Crippen LogP contribution in [0, 0.1) is 0 Å². The van der Waals surface area contributed by atoms with Gasteiger partial charge in [0.2, 0.25) is 0 Å². The van der Waals surface area contributed by atoms with Gasteiger partial charge in [-0.05, 0) is 50.4 Å². The van der Waals surface area contributed by atoms with Gasteiger partial charge in [0, 0.05) is 31.4 Å². The zero-order valence-electron chi connectivity index (χ0n) is 13.8. The second-order valence-electron chi connectivity index (χ2n) is 5.95. The van der Waals surface area contributed by atoms with Crippen molar-refractivity contribution in [2.45, 2.75) is 52.2 Å². The van der Waals surface area contributed by atoms with Crippen molar-refractivity contribution in [1.29, 1.82) is 0 Å². The summed E-state index contributed by atoms with van der Waals surface area (Å²) in [6.07, 6.45) is 3.93. The van der Waals surface area contributed by atoms with E-state index in [2.05, 4.69) is 55.3 Å². The Morgan fingerprint density at radius 2 is 2.05 bits per heavy atom. The van der Waals surface area contributed by atoms with Crippen LogP contribution in [0.15, 0.2) is 24.3 Å². The highest BCUT2D eigenvalue weighted by atomic mass is 16.5. The number of ether oxygens (including phenoxy) is 1. The van der Waals surface area contributed by atoms with Gasteiger partial charge in [-0.1, -0.05) is 26.0 Å². The number of benzene rings is 1.